The summed E-state index contributed by atoms with van der Waals surface area (Å²) >= 11 is 0. The minimum atomic E-state index is -6.13. The van der Waals surface area contributed by atoms with Crippen molar-refractivity contribution >= 4 is 82.0 Å². The lowest BCUT2D eigenvalue weighted by Gasteiger charge is -2.46. The third-order valence-corrected chi connectivity index (χ3v) is 15.4. The summed E-state index contributed by atoms with van der Waals surface area (Å²) in [5.41, 5.74) is -27.6. The monoisotopic (exact) mass is 1280 g/mol. The number of pyridine rings is 1. The van der Waals surface area contributed by atoms with E-state index in [1.165, 1.54) is 59.6 Å². The van der Waals surface area contributed by atoms with Gasteiger partial charge < -0.3 is 0 Å². The van der Waals surface area contributed by atoms with E-state index in [1.54, 1.807) is 0 Å². The first-order valence-corrected chi connectivity index (χ1v) is 26.1. The number of aromatic nitrogens is 1. The second-order valence-corrected chi connectivity index (χ2v) is 21.1. The molecule has 1 heterocycles. The van der Waals surface area contributed by atoms with Gasteiger partial charge in [-0.25, -0.2) is 0 Å². The van der Waals surface area contributed by atoms with Gasteiger partial charge in [0.2, 0.25) is 5.52 Å². The van der Waals surface area contributed by atoms with Crippen molar-refractivity contribution in [2.45, 2.75) is 56.0 Å². The van der Waals surface area contributed by atoms with Gasteiger partial charge in [-0.3, -0.25) is 0 Å². The predicted molar refractivity (Wildman–Crippen MR) is 290 cm³/mol. The van der Waals surface area contributed by atoms with Crippen LogP contribution in [0, 0.1) is 0 Å². The van der Waals surface area contributed by atoms with Crippen LogP contribution in [0.2, 0.25) is 0 Å². The number of benzene rings is 10. The lowest BCUT2D eigenvalue weighted by Crippen LogP contribution is -2.75. The summed E-state index contributed by atoms with van der Waals surface area (Å²) in [6.45, 7) is 0.825. The minimum absolute atomic E-state index is 0.691. The smallest absolute Gasteiger partial charge is 0.194 e. The maximum Gasteiger partial charge on any atom is 0.416 e. The highest BCUT2D eigenvalue weighted by atomic mass is 19.4. The van der Waals surface area contributed by atoms with Crippen LogP contribution in [0.4, 0.5) is 105 Å². The zero-order chi connectivity index (χ0) is 65.7. The van der Waals surface area contributed by atoms with Gasteiger partial charge in [-0.15, -0.1) is 0 Å². The second kappa shape index (κ2) is 22.2. The molecule has 466 valence electrons. The number of halogens is 24. The number of para-hydroxylation sites is 1. The summed E-state index contributed by atoms with van der Waals surface area (Å²) in [6.07, 6.45) is -52.6. The molecule has 0 atom stereocenters. The van der Waals surface area contributed by atoms with Gasteiger partial charge in [0, 0.05) is 23.1 Å². The van der Waals surface area contributed by atoms with Crippen LogP contribution in [0.15, 0.2) is 194 Å². The number of alkyl halides is 24. The average Bonchev–Trinajstić information content (AvgIpc) is 0.793. The van der Waals surface area contributed by atoms with E-state index in [-0.39, 0.29) is 0 Å². The quantitative estimate of drug-likeness (QED) is 0.0676. The molecule has 1 nitrogen and oxygen atoms in total. The van der Waals surface area contributed by atoms with Gasteiger partial charge in [0.05, 0.1) is 44.5 Å². The average molecular weight is 1280 g/mol. The number of rotatable bonds is 6. The molecule has 26 heteroatoms. The van der Waals surface area contributed by atoms with Crippen LogP contribution in [0.1, 0.15) is 50.1 Å². The topological polar surface area (TPSA) is 3.88 Å². The van der Waals surface area contributed by atoms with Crippen molar-refractivity contribution in [3.05, 3.63) is 244 Å². The maximum atomic E-state index is 14.2. The molecule has 0 amide bonds. The van der Waals surface area contributed by atoms with E-state index >= 15 is 0 Å². The molecule has 0 saturated heterocycles. The highest BCUT2D eigenvalue weighted by Crippen LogP contribution is 2.42. The predicted octanol–water partition coefficient (Wildman–Crippen LogP) is 19.0. The molecule has 1 aromatic heterocycles. The van der Waals surface area contributed by atoms with Crippen molar-refractivity contribution in [3.8, 4) is 0 Å². The Hall–Kier alpha value is -8.97. The first kappa shape index (κ1) is 64.0. The van der Waals surface area contributed by atoms with Crippen molar-refractivity contribution in [1.82, 2.24) is 0 Å². The molecule has 10 aromatic carbocycles. The maximum absolute atomic E-state index is 14.2. The number of hydrogen-bond acceptors (Lipinski definition) is 0. The van der Waals surface area contributed by atoms with Crippen molar-refractivity contribution in [1.29, 1.82) is 0 Å². The van der Waals surface area contributed by atoms with E-state index < -0.39 is 195 Å². The van der Waals surface area contributed by atoms with Crippen LogP contribution in [0.5, 0.6) is 0 Å². The highest BCUT2D eigenvalue weighted by Gasteiger charge is 2.47. The highest BCUT2D eigenvalue weighted by molar-refractivity contribution is 7.20. The molecule has 0 N–H and O–H groups in total. The second-order valence-electron chi connectivity index (χ2n) is 21.1. The molecule has 90 heavy (non-hydrogen) atoms. The first-order chi connectivity index (χ1) is 41.6. The summed E-state index contributed by atoms with van der Waals surface area (Å²) in [4.78, 5) is 0. The fourth-order valence-corrected chi connectivity index (χ4v) is 11.4. The summed E-state index contributed by atoms with van der Waals surface area (Å²) in [5.74, 6) is 0. The van der Waals surface area contributed by atoms with Crippen molar-refractivity contribution in [2.75, 3.05) is 0 Å². The third-order valence-electron chi connectivity index (χ3n) is 15.4. The van der Waals surface area contributed by atoms with Gasteiger partial charge >= 0.3 is 49.4 Å². The normalized spacial score (nSPS) is 13.4. The van der Waals surface area contributed by atoms with Crippen molar-refractivity contribution in [3.63, 3.8) is 0 Å². The van der Waals surface area contributed by atoms with Crippen LogP contribution in [-0.4, -0.2) is 6.15 Å². The van der Waals surface area contributed by atoms with Crippen LogP contribution < -0.4 is 26.4 Å². The van der Waals surface area contributed by atoms with Crippen molar-refractivity contribution in [2.24, 2.45) is 0 Å². The molecule has 0 unspecified atom stereocenters. The fourth-order valence-electron chi connectivity index (χ4n) is 11.4. The lowest BCUT2D eigenvalue weighted by molar-refractivity contribution is -0.662. The Morgan fingerprint density at radius 3 is 0.756 bits per heavy atom. The molecular weight excluding hydrogens is 1250 g/mol. The zero-order valence-corrected chi connectivity index (χ0v) is 44.8. The van der Waals surface area contributed by atoms with E-state index in [0.717, 1.165) is 6.54 Å². The first-order valence-electron chi connectivity index (χ1n) is 26.1. The molecule has 11 aromatic rings. The van der Waals surface area contributed by atoms with E-state index in [0.29, 0.717) is 0 Å². The van der Waals surface area contributed by atoms with Crippen molar-refractivity contribution < 1.29 is 110 Å². The Kier molecular flexibility index (Phi) is 15.8. The van der Waals surface area contributed by atoms with E-state index in [4.69, 9.17) is 0 Å². The summed E-state index contributed by atoms with van der Waals surface area (Å²) in [7, 11) is 0. The zero-order valence-electron chi connectivity index (χ0n) is 44.8. The molecule has 0 aliphatic rings. The summed E-state index contributed by atoms with van der Waals surface area (Å²) in [6, 6.07) is 33.3. The molecule has 0 aliphatic carbocycles. The Morgan fingerprint density at radius 2 is 0.478 bits per heavy atom. The van der Waals surface area contributed by atoms with Gasteiger partial charge in [-0.05, 0) is 110 Å². The van der Waals surface area contributed by atoms with Gasteiger partial charge in [0.25, 0.3) is 0 Å². The fraction of sp³-hybridized carbons (Fsp3) is 0.141. The summed E-state index contributed by atoms with van der Waals surface area (Å²) < 4.78 is 343. The molecule has 11 rings (SSSR count). The molecule has 0 radical (unpaired) electrons. The van der Waals surface area contributed by atoms with Gasteiger partial charge in [0.1, 0.15) is 6.15 Å². The molecule has 0 bridgehead atoms. The van der Waals surface area contributed by atoms with E-state index in [1.807, 2.05) is 0 Å². The van der Waals surface area contributed by atoms with Gasteiger partial charge in [-0.2, -0.15) is 132 Å². The molecular formula is C64H34BF24N. The minimum Gasteiger partial charge on any atom is -0.194 e. The molecule has 0 spiro atoms. The van der Waals surface area contributed by atoms with Gasteiger partial charge in [-0.1, -0.05) is 109 Å². The van der Waals surface area contributed by atoms with E-state index in [9.17, 15) is 105 Å². The largest absolute Gasteiger partial charge is 0.416 e. The Bertz CT molecular complexity index is 4050. The molecule has 0 saturated carbocycles. The van der Waals surface area contributed by atoms with E-state index in [2.05, 4.69) is 126 Å². The SMILES string of the molecule is FC(F)(F)c1cc([B-](c2cc(C(F)(F)F)cc(C(F)(F)F)c2)(c2cc(C(F)(F)F)cc(C(F)(F)F)c2)c2cc(C(F)(F)F)cc(C(F)(F)F)c2)cc(C(F)(F)F)c1.c1ccc2cc3c(C[n+]4cccc5ccccc54)c4cc5ccccc5cc4cc3cc2c1. The number of fused-ring (bicyclic) bond motifs is 5. The Labute approximate surface area is 490 Å². The van der Waals surface area contributed by atoms with Crippen LogP contribution in [-0.2, 0) is 56.0 Å². The van der Waals surface area contributed by atoms with Crippen LogP contribution in [0.3, 0.4) is 0 Å². The number of nitrogens with zero attached hydrogens (tertiary/aromatic N) is 1. The third kappa shape index (κ3) is 12.8. The van der Waals surface area contributed by atoms with Gasteiger partial charge in [0.15, 0.2) is 12.7 Å². The Morgan fingerprint density at radius 1 is 0.244 bits per heavy atom. The lowest BCUT2D eigenvalue weighted by atomic mass is 9.12. The molecule has 0 fully saturated rings. The number of hydrogen-bond donors (Lipinski definition) is 0. The summed E-state index contributed by atoms with van der Waals surface area (Å²) in [5, 5.41) is 11.7. The molecule has 0 aliphatic heterocycles. The Balaban J connectivity index is 0.000000225. The van der Waals surface area contributed by atoms with Crippen LogP contribution >= 0.6 is 0 Å². The van der Waals surface area contributed by atoms with Crippen LogP contribution in [0.25, 0.3) is 54.0 Å². The standard InChI is InChI=1S/C32H12BF24.C32H22N/c34-25(35,36)13-1-14(26(37,38)39)6-21(5-13)33(22-7-15(27(40,41)42)2-16(8-22)28(43,44)45,23-9-17(29(46,47)48)3-18(10-23)30(49,50)51)24-11-19(31(52,53)54)4-20(12-24)32(55,56)57;1-3-11-25-19-29-27(16-23(25)9-1)18-28-17-24-10-2-4-12-26(24)20-30(28)31(29)21-33-15-7-13-22-8-5-6-14-32(22)33/h1-12H;1-20H,21H2/q-1;+1.